The zero-order valence-corrected chi connectivity index (χ0v) is 5.19. The average Bonchev–Trinajstić information content (AvgIpc) is 1.95. The molecule has 0 fully saturated rings. The molecular formula is C6H7N2O2+. The molecule has 0 aliphatic heterocycles. The molecule has 1 aromatic heterocycles. The van der Waals surface area contributed by atoms with Crippen LogP contribution in [0.25, 0.3) is 0 Å². The van der Waals surface area contributed by atoms with Gasteiger partial charge < -0.3 is 5.21 Å². The van der Waals surface area contributed by atoms with E-state index in [1.165, 1.54) is 18.3 Å². The van der Waals surface area contributed by atoms with Gasteiger partial charge in [-0.2, -0.15) is 4.73 Å². The van der Waals surface area contributed by atoms with E-state index in [1.54, 1.807) is 0 Å². The Kier molecular flexibility index (Phi) is 1.53. The highest BCUT2D eigenvalue weighted by Crippen LogP contribution is 1.82. The summed E-state index contributed by atoms with van der Waals surface area (Å²) in [6.07, 6.45) is 2.39. The third kappa shape index (κ3) is 0.907. The van der Waals surface area contributed by atoms with Crippen LogP contribution in [-0.4, -0.2) is 16.2 Å². The van der Waals surface area contributed by atoms with Gasteiger partial charge in [0.25, 0.3) is 5.56 Å². The van der Waals surface area contributed by atoms with Crippen molar-refractivity contribution < 1.29 is 10.6 Å². The second kappa shape index (κ2) is 2.34. The number of pyridine rings is 1. The summed E-state index contributed by atoms with van der Waals surface area (Å²) in [5.74, 6) is 0. The van der Waals surface area contributed by atoms with Crippen molar-refractivity contribution >= 4 is 6.21 Å². The van der Waals surface area contributed by atoms with Crippen molar-refractivity contribution in [3.63, 3.8) is 0 Å². The van der Waals surface area contributed by atoms with Crippen molar-refractivity contribution in [1.29, 1.82) is 0 Å². The minimum atomic E-state index is -0.509. The van der Waals surface area contributed by atoms with Gasteiger partial charge in [-0.3, -0.25) is 10.2 Å². The van der Waals surface area contributed by atoms with Crippen molar-refractivity contribution in [2.75, 3.05) is 0 Å². The molecule has 0 radical (unpaired) electrons. The number of hydrogen-bond acceptors (Lipinski definition) is 2. The van der Waals surface area contributed by atoms with Crippen LogP contribution in [0.15, 0.2) is 23.1 Å². The molecule has 0 aromatic carbocycles. The Bertz CT molecular complexity index is 303. The normalized spacial score (nSPS) is 9.20. The van der Waals surface area contributed by atoms with E-state index in [4.69, 9.17) is 10.6 Å². The average molecular weight is 139 g/mol. The summed E-state index contributed by atoms with van der Waals surface area (Å²) in [5, 5.41) is 13.8. The first-order valence-corrected chi connectivity index (χ1v) is 2.71. The van der Waals surface area contributed by atoms with Crippen molar-refractivity contribution in [3.05, 3.63) is 34.2 Å². The fourth-order valence-corrected chi connectivity index (χ4v) is 0.626. The van der Waals surface area contributed by atoms with Crippen LogP contribution in [0, 0.1) is 0 Å². The van der Waals surface area contributed by atoms with E-state index in [0.29, 0.717) is 4.73 Å². The van der Waals surface area contributed by atoms with Crippen molar-refractivity contribution in [2.45, 2.75) is 0 Å². The zero-order chi connectivity index (χ0) is 7.56. The molecule has 52 valence electrons. The summed E-state index contributed by atoms with van der Waals surface area (Å²) in [6, 6.07) is 3.05. The maximum Gasteiger partial charge on any atom is 0.296 e. The van der Waals surface area contributed by atoms with Crippen LogP contribution in [0.3, 0.4) is 0 Å². The zero-order valence-electron chi connectivity index (χ0n) is 5.19. The smallest absolute Gasteiger partial charge is 0.296 e. The van der Waals surface area contributed by atoms with Gasteiger partial charge >= 0.3 is 0 Å². The van der Waals surface area contributed by atoms with Crippen LogP contribution in [-0.2, 0) is 0 Å². The van der Waals surface area contributed by atoms with E-state index in [-0.39, 0.29) is 5.56 Å². The fraction of sp³-hybridized carbons (Fsp3) is 0. The molecule has 0 aliphatic rings. The predicted molar refractivity (Wildman–Crippen MR) is 35.0 cm³/mol. The highest BCUT2D eigenvalue weighted by molar-refractivity contribution is 5.73. The van der Waals surface area contributed by atoms with Crippen LogP contribution in [0.1, 0.15) is 5.56 Å². The molecule has 0 atom stereocenters. The van der Waals surface area contributed by atoms with E-state index in [1.807, 2.05) is 0 Å². The molecule has 4 heteroatoms. The van der Waals surface area contributed by atoms with Gasteiger partial charge in [0, 0.05) is 6.20 Å². The minimum Gasteiger partial charge on any atom is -0.425 e. The lowest BCUT2D eigenvalue weighted by Gasteiger charge is -1.92. The number of rotatable bonds is 1. The molecule has 0 saturated carbocycles. The molecule has 0 spiro atoms. The lowest BCUT2D eigenvalue weighted by molar-refractivity contribution is -0.104. The highest BCUT2D eigenvalue weighted by Gasteiger charge is 1.98. The summed E-state index contributed by atoms with van der Waals surface area (Å²) >= 11 is 0. The second-order valence-corrected chi connectivity index (χ2v) is 1.78. The van der Waals surface area contributed by atoms with Crippen molar-refractivity contribution in [1.82, 2.24) is 4.73 Å². The third-order valence-electron chi connectivity index (χ3n) is 1.14. The second-order valence-electron chi connectivity index (χ2n) is 1.78. The summed E-state index contributed by atoms with van der Waals surface area (Å²) in [4.78, 5) is 10.8. The van der Waals surface area contributed by atoms with Gasteiger partial charge in [0.2, 0.25) is 0 Å². The van der Waals surface area contributed by atoms with E-state index in [2.05, 4.69) is 0 Å². The lowest BCUT2D eigenvalue weighted by atomic mass is 10.3. The van der Waals surface area contributed by atoms with Gasteiger partial charge in [0.1, 0.15) is 5.56 Å². The first kappa shape index (κ1) is 6.54. The molecule has 4 nitrogen and oxygen atoms in total. The van der Waals surface area contributed by atoms with Crippen molar-refractivity contribution in [3.8, 4) is 0 Å². The molecule has 3 N–H and O–H groups in total. The molecule has 1 aromatic rings. The maximum absolute atomic E-state index is 10.8. The minimum absolute atomic E-state index is 0.282. The number of nitrogens with two attached hydrogens (primary N) is 1. The van der Waals surface area contributed by atoms with Crippen LogP contribution < -0.4 is 11.0 Å². The van der Waals surface area contributed by atoms with Gasteiger partial charge in [0.15, 0.2) is 6.21 Å². The lowest BCUT2D eigenvalue weighted by Crippen LogP contribution is -2.34. The monoisotopic (exact) mass is 139 g/mol. The Hall–Kier alpha value is -1.58. The molecule has 1 rings (SSSR count). The standard InChI is InChI=1S/C6H6N2O2/c7-4-5-2-1-3-8(10)6(5)9/h1-4,7,10H/p+1. The van der Waals surface area contributed by atoms with Gasteiger partial charge in [-0.1, -0.05) is 0 Å². The largest absolute Gasteiger partial charge is 0.425 e. The fourth-order valence-electron chi connectivity index (χ4n) is 0.626. The van der Waals surface area contributed by atoms with Gasteiger partial charge in [-0.05, 0) is 12.1 Å². The molecule has 1 heterocycles. The van der Waals surface area contributed by atoms with E-state index in [9.17, 15) is 4.79 Å². The Morgan fingerprint density at radius 2 is 2.40 bits per heavy atom. The molecule has 0 bridgehead atoms. The summed E-state index contributed by atoms with van der Waals surface area (Å²) in [6.45, 7) is 0. The summed E-state index contributed by atoms with van der Waals surface area (Å²) in [5.41, 5.74) is -0.227. The van der Waals surface area contributed by atoms with Crippen LogP contribution in [0.2, 0.25) is 0 Å². The molecule has 0 saturated heterocycles. The van der Waals surface area contributed by atoms with Gasteiger partial charge in [-0.25, -0.2) is 0 Å². The first-order valence-electron chi connectivity index (χ1n) is 2.71. The quantitative estimate of drug-likeness (QED) is 0.358. The Balaban J connectivity index is 3.42. The van der Waals surface area contributed by atoms with Crippen molar-refractivity contribution in [2.24, 2.45) is 0 Å². The molecular weight excluding hydrogens is 132 g/mol. The van der Waals surface area contributed by atoms with Gasteiger partial charge in [0.05, 0.1) is 0 Å². The Morgan fingerprint density at radius 3 is 2.90 bits per heavy atom. The number of nitrogens with zero attached hydrogens (tertiary/aromatic N) is 1. The molecule has 10 heavy (non-hydrogen) atoms. The SMILES string of the molecule is [NH2+]=Cc1cccn(O)c1=O. The molecule has 0 unspecified atom stereocenters. The summed E-state index contributed by atoms with van der Waals surface area (Å²) < 4.78 is 0.485. The Morgan fingerprint density at radius 1 is 1.70 bits per heavy atom. The first-order chi connectivity index (χ1) is 4.75. The van der Waals surface area contributed by atoms with Crippen LogP contribution in [0.4, 0.5) is 0 Å². The Labute approximate surface area is 56.8 Å². The summed E-state index contributed by atoms with van der Waals surface area (Å²) in [7, 11) is 0. The molecule has 0 amide bonds. The van der Waals surface area contributed by atoms with Crippen LogP contribution in [0.5, 0.6) is 0 Å². The number of aromatic nitrogens is 1. The van der Waals surface area contributed by atoms with E-state index in [0.717, 1.165) is 6.21 Å². The predicted octanol–water partition coefficient (Wildman–Crippen LogP) is -1.74. The van der Waals surface area contributed by atoms with Crippen LogP contribution >= 0.6 is 0 Å². The topological polar surface area (TPSA) is 67.8 Å². The van der Waals surface area contributed by atoms with E-state index < -0.39 is 5.56 Å². The van der Waals surface area contributed by atoms with E-state index >= 15 is 0 Å². The third-order valence-corrected chi connectivity index (χ3v) is 1.14. The van der Waals surface area contributed by atoms with Gasteiger partial charge in [-0.15, -0.1) is 0 Å². The molecule has 0 aliphatic carbocycles. The highest BCUT2D eigenvalue weighted by atomic mass is 16.5. The number of hydrogen-bond donors (Lipinski definition) is 2. The maximum atomic E-state index is 10.8.